The standard InChI is InChI=1S/C22H19F3N2O5.C9H12O3/c1-30-10-11-31-16-3-5-17(6-4-16)32-19-12-14(22(23,24)25)2-7-18(19)21(29)27-15-8-9-26-20(28)13-15;1-11-6-7-12-9-4-2-8(10)3-5-9/h2-9,12-13H,10-11H2,1H3,(H2,26,27,28,29);2-5,10H,6-7H2,1H3. The number of ether oxygens (including phenoxy) is 5. The molecule has 0 saturated heterocycles. The van der Waals surface area contributed by atoms with Gasteiger partial charge in [0.25, 0.3) is 5.91 Å². The van der Waals surface area contributed by atoms with Crippen molar-refractivity contribution in [1.82, 2.24) is 4.98 Å². The molecule has 234 valence electrons. The highest BCUT2D eigenvalue weighted by Crippen LogP contribution is 2.35. The number of benzene rings is 3. The summed E-state index contributed by atoms with van der Waals surface area (Å²) < 4.78 is 65.6. The van der Waals surface area contributed by atoms with Crippen molar-refractivity contribution < 1.29 is 46.8 Å². The van der Waals surface area contributed by atoms with Crippen LogP contribution in [0.5, 0.6) is 28.7 Å². The van der Waals surface area contributed by atoms with E-state index in [1.165, 1.54) is 24.4 Å². The Kier molecular flexibility index (Phi) is 12.6. The maximum absolute atomic E-state index is 13.2. The number of halogens is 3. The van der Waals surface area contributed by atoms with Crippen LogP contribution in [0.4, 0.5) is 18.9 Å². The van der Waals surface area contributed by atoms with Crippen LogP contribution in [0.15, 0.2) is 89.9 Å². The SMILES string of the molecule is COCCOc1ccc(O)cc1.COCCOc1ccc(Oc2cc(C(F)(F)F)ccc2C(=O)Nc2cc[nH]c(=O)c2)cc1. The number of aromatic nitrogens is 1. The number of amides is 1. The minimum atomic E-state index is -4.63. The number of methoxy groups -OCH3 is 2. The van der Waals surface area contributed by atoms with Crippen LogP contribution in [-0.4, -0.2) is 56.6 Å². The highest BCUT2D eigenvalue weighted by atomic mass is 19.4. The zero-order valence-corrected chi connectivity index (χ0v) is 23.9. The van der Waals surface area contributed by atoms with Crippen molar-refractivity contribution in [3.63, 3.8) is 0 Å². The van der Waals surface area contributed by atoms with Crippen LogP contribution in [0, 0.1) is 0 Å². The van der Waals surface area contributed by atoms with Crippen molar-refractivity contribution >= 4 is 11.6 Å². The Hall–Kier alpha value is -5.01. The third-order valence-electron chi connectivity index (χ3n) is 5.59. The second kappa shape index (κ2) is 16.6. The molecule has 3 N–H and O–H groups in total. The molecule has 4 rings (SSSR count). The average Bonchev–Trinajstić information content (AvgIpc) is 2.99. The number of carbonyl (C=O) groups is 1. The largest absolute Gasteiger partial charge is 0.508 e. The Balaban J connectivity index is 0.000000369. The number of pyridine rings is 1. The quantitative estimate of drug-likeness (QED) is 0.168. The molecule has 1 aromatic heterocycles. The van der Waals surface area contributed by atoms with Gasteiger partial charge in [0.15, 0.2) is 0 Å². The zero-order chi connectivity index (χ0) is 32.0. The van der Waals surface area contributed by atoms with Crippen LogP contribution in [0.3, 0.4) is 0 Å². The highest BCUT2D eigenvalue weighted by Gasteiger charge is 2.32. The van der Waals surface area contributed by atoms with Crippen LogP contribution in [-0.2, 0) is 15.7 Å². The van der Waals surface area contributed by atoms with E-state index in [0.717, 1.165) is 30.0 Å². The number of alkyl halides is 3. The first-order chi connectivity index (χ1) is 21.1. The van der Waals surface area contributed by atoms with Crippen molar-refractivity contribution in [3.05, 3.63) is 107 Å². The van der Waals surface area contributed by atoms with E-state index >= 15 is 0 Å². The molecule has 0 saturated carbocycles. The van der Waals surface area contributed by atoms with Crippen molar-refractivity contribution in [1.29, 1.82) is 0 Å². The van der Waals surface area contributed by atoms with Crippen molar-refractivity contribution in [2.45, 2.75) is 6.18 Å². The summed E-state index contributed by atoms with van der Waals surface area (Å²) in [4.78, 5) is 26.5. The van der Waals surface area contributed by atoms with E-state index in [1.807, 2.05) is 0 Å². The number of hydrogen-bond donors (Lipinski definition) is 3. The van der Waals surface area contributed by atoms with Gasteiger partial charge in [0.1, 0.15) is 42.0 Å². The van der Waals surface area contributed by atoms with Gasteiger partial charge in [0.2, 0.25) is 5.56 Å². The van der Waals surface area contributed by atoms with Gasteiger partial charge in [-0.15, -0.1) is 0 Å². The molecule has 44 heavy (non-hydrogen) atoms. The zero-order valence-electron chi connectivity index (χ0n) is 23.9. The summed E-state index contributed by atoms with van der Waals surface area (Å²) in [5.74, 6) is 0.673. The summed E-state index contributed by atoms with van der Waals surface area (Å²) in [5.41, 5.74) is -1.37. The molecule has 0 radical (unpaired) electrons. The number of nitrogens with one attached hydrogen (secondary N) is 2. The normalized spacial score (nSPS) is 10.8. The van der Waals surface area contributed by atoms with Gasteiger partial charge < -0.3 is 39.1 Å². The van der Waals surface area contributed by atoms with Gasteiger partial charge in [-0.25, -0.2) is 0 Å². The lowest BCUT2D eigenvalue weighted by Crippen LogP contribution is -2.16. The van der Waals surface area contributed by atoms with Gasteiger partial charge in [-0.2, -0.15) is 13.2 Å². The highest BCUT2D eigenvalue weighted by molar-refractivity contribution is 6.06. The lowest BCUT2D eigenvalue weighted by Gasteiger charge is -2.15. The van der Waals surface area contributed by atoms with Gasteiger partial charge in [0, 0.05) is 32.2 Å². The van der Waals surface area contributed by atoms with E-state index < -0.39 is 23.2 Å². The smallest absolute Gasteiger partial charge is 0.416 e. The Bertz CT molecular complexity index is 1520. The van der Waals surface area contributed by atoms with E-state index in [2.05, 4.69) is 10.3 Å². The fourth-order valence-electron chi connectivity index (χ4n) is 3.45. The van der Waals surface area contributed by atoms with E-state index in [9.17, 15) is 22.8 Å². The Morgan fingerprint density at radius 1 is 0.795 bits per heavy atom. The summed E-state index contributed by atoms with van der Waals surface area (Å²) in [6.45, 7) is 1.83. The number of phenolic OH excluding ortho intramolecular Hbond substituents is 1. The van der Waals surface area contributed by atoms with Gasteiger partial charge in [-0.3, -0.25) is 9.59 Å². The minimum absolute atomic E-state index is 0.140. The fraction of sp³-hybridized carbons (Fsp3) is 0.226. The number of carbonyl (C=O) groups excluding carboxylic acids is 1. The lowest BCUT2D eigenvalue weighted by atomic mass is 10.1. The third kappa shape index (κ3) is 11.0. The maximum Gasteiger partial charge on any atom is 0.416 e. The molecule has 4 aromatic rings. The summed E-state index contributed by atoms with van der Waals surface area (Å²) in [6, 6.07) is 17.9. The summed E-state index contributed by atoms with van der Waals surface area (Å²) in [5, 5.41) is 11.4. The minimum Gasteiger partial charge on any atom is -0.508 e. The molecule has 0 aliphatic heterocycles. The molecule has 13 heteroatoms. The molecular formula is C31H31F3N2O8. The molecular weight excluding hydrogens is 585 g/mol. The summed E-state index contributed by atoms with van der Waals surface area (Å²) in [6.07, 6.45) is -3.29. The van der Waals surface area contributed by atoms with Gasteiger partial charge in [-0.1, -0.05) is 0 Å². The molecule has 1 heterocycles. The third-order valence-corrected chi connectivity index (χ3v) is 5.59. The van der Waals surface area contributed by atoms with E-state index in [4.69, 9.17) is 28.8 Å². The van der Waals surface area contributed by atoms with Crippen LogP contribution in [0.2, 0.25) is 0 Å². The Morgan fingerprint density at radius 2 is 1.36 bits per heavy atom. The molecule has 3 aromatic carbocycles. The first-order valence-corrected chi connectivity index (χ1v) is 13.1. The summed E-state index contributed by atoms with van der Waals surface area (Å²) in [7, 11) is 3.17. The van der Waals surface area contributed by atoms with Gasteiger partial charge >= 0.3 is 6.18 Å². The second-order valence-corrected chi connectivity index (χ2v) is 8.85. The second-order valence-electron chi connectivity index (χ2n) is 8.85. The van der Waals surface area contributed by atoms with Crippen molar-refractivity contribution in [3.8, 4) is 28.7 Å². The predicted molar refractivity (Wildman–Crippen MR) is 156 cm³/mol. The number of H-pyrrole nitrogens is 1. The maximum atomic E-state index is 13.2. The first kappa shape index (κ1) is 33.5. The number of aromatic hydroxyl groups is 1. The molecule has 0 aliphatic carbocycles. The van der Waals surface area contributed by atoms with Gasteiger partial charge in [-0.05, 0) is 72.8 Å². The number of phenols is 1. The molecule has 10 nitrogen and oxygen atoms in total. The van der Waals surface area contributed by atoms with Gasteiger partial charge in [0.05, 0.1) is 24.3 Å². The lowest BCUT2D eigenvalue weighted by molar-refractivity contribution is -0.137. The molecule has 0 atom stereocenters. The molecule has 1 amide bonds. The Labute approximate surface area is 250 Å². The first-order valence-electron chi connectivity index (χ1n) is 13.1. The van der Waals surface area contributed by atoms with E-state index in [1.54, 1.807) is 50.6 Å². The topological polar surface area (TPSA) is 128 Å². The molecule has 0 spiro atoms. The molecule has 0 fully saturated rings. The molecule has 0 aliphatic rings. The average molecular weight is 617 g/mol. The van der Waals surface area contributed by atoms with Crippen LogP contribution >= 0.6 is 0 Å². The van der Waals surface area contributed by atoms with E-state index in [-0.39, 0.29) is 28.5 Å². The monoisotopic (exact) mass is 616 g/mol. The van der Waals surface area contributed by atoms with Crippen LogP contribution < -0.4 is 25.1 Å². The van der Waals surface area contributed by atoms with Crippen LogP contribution in [0.25, 0.3) is 0 Å². The molecule has 0 bridgehead atoms. The number of anilines is 1. The Morgan fingerprint density at radius 3 is 1.91 bits per heavy atom. The molecule has 0 unspecified atom stereocenters. The summed E-state index contributed by atoms with van der Waals surface area (Å²) >= 11 is 0. The van der Waals surface area contributed by atoms with E-state index in [0.29, 0.717) is 32.2 Å². The fourth-order valence-corrected chi connectivity index (χ4v) is 3.45. The van der Waals surface area contributed by atoms with Crippen LogP contribution in [0.1, 0.15) is 15.9 Å². The van der Waals surface area contributed by atoms with Crippen molar-refractivity contribution in [2.75, 3.05) is 46.0 Å². The number of rotatable bonds is 12. The van der Waals surface area contributed by atoms with Crippen molar-refractivity contribution in [2.24, 2.45) is 0 Å². The predicted octanol–water partition coefficient (Wildman–Crippen LogP) is 5.88. The number of hydrogen-bond acceptors (Lipinski definition) is 8. The number of aromatic amines is 1.